The van der Waals surface area contributed by atoms with E-state index in [9.17, 15) is 0 Å². The third kappa shape index (κ3) is 2.22. The van der Waals surface area contributed by atoms with Crippen LogP contribution in [0.15, 0.2) is 77.4 Å². The highest BCUT2D eigenvalue weighted by molar-refractivity contribution is 9.10. The minimum Gasteiger partial charge on any atom is -0.255 e. The Morgan fingerprint density at radius 2 is 1.73 bits per heavy atom. The van der Waals surface area contributed by atoms with Crippen molar-refractivity contribution >= 4 is 26.8 Å². The van der Waals surface area contributed by atoms with Gasteiger partial charge < -0.3 is 0 Å². The largest absolute Gasteiger partial charge is 0.255 e. The molecular weight excluding hydrogens is 338 g/mol. The molecule has 0 fully saturated rings. The minimum absolute atomic E-state index is 0.882. The van der Waals surface area contributed by atoms with Gasteiger partial charge in [-0.3, -0.25) is 4.98 Å². The molecular formula is C18H12BrN3. The van der Waals surface area contributed by atoms with Crippen molar-refractivity contribution < 1.29 is 0 Å². The predicted octanol–water partition coefficient (Wildman–Crippen LogP) is 4.85. The standard InChI is InChI=1S/C18H12BrN3/c19-13-6-5-7-14(12-13)22-17-10-2-1-8-15(17)18(21-22)16-9-3-4-11-20-16/h1-12H. The van der Waals surface area contributed by atoms with Crippen LogP contribution in [0.1, 0.15) is 0 Å². The van der Waals surface area contributed by atoms with E-state index in [4.69, 9.17) is 5.10 Å². The van der Waals surface area contributed by atoms with Crippen molar-refractivity contribution in [2.45, 2.75) is 0 Å². The number of nitrogens with zero attached hydrogens (tertiary/aromatic N) is 3. The van der Waals surface area contributed by atoms with E-state index in [0.29, 0.717) is 0 Å². The zero-order valence-electron chi connectivity index (χ0n) is 11.6. The zero-order valence-corrected chi connectivity index (χ0v) is 13.2. The first-order valence-corrected chi connectivity index (χ1v) is 7.77. The first kappa shape index (κ1) is 13.2. The van der Waals surface area contributed by atoms with Gasteiger partial charge in [0.25, 0.3) is 0 Å². The van der Waals surface area contributed by atoms with Crippen molar-refractivity contribution in [3.05, 3.63) is 77.4 Å². The van der Waals surface area contributed by atoms with Gasteiger partial charge >= 0.3 is 0 Å². The summed E-state index contributed by atoms with van der Waals surface area (Å²) in [6.07, 6.45) is 1.79. The summed E-state index contributed by atoms with van der Waals surface area (Å²) < 4.78 is 2.99. The molecule has 3 nitrogen and oxygen atoms in total. The van der Waals surface area contributed by atoms with Crippen LogP contribution in [0.4, 0.5) is 0 Å². The summed E-state index contributed by atoms with van der Waals surface area (Å²) in [5.41, 5.74) is 3.87. The Morgan fingerprint density at radius 1 is 0.864 bits per heavy atom. The number of benzene rings is 2. The second-order valence-corrected chi connectivity index (χ2v) is 5.89. The van der Waals surface area contributed by atoms with Gasteiger partial charge in [-0.25, -0.2) is 4.68 Å². The highest BCUT2D eigenvalue weighted by Crippen LogP contribution is 2.29. The fourth-order valence-electron chi connectivity index (χ4n) is 2.56. The van der Waals surface area contributed by atoms with Crippen LogP contribution < -0.4 is 0 Å². The summed E-state index contributed by atoms with van der Waals surface area (Å²) in [6, 6.07) is 22.2. The van der Waals surface area contributed by atoms with E-state index in [0.717, 1.165) is 32.5 Å². The maximum absolute atomic E-state index is 4.80. The Bertz CT molecular complexity index is 945. The molecule has 0 N–H and O–H groups in total. The van der Waals surface area contributed by atoms with E-state index in [1.807, 2.05) is 53.2 Å². The molecule has 0 aliphatic carbocycles. The van der Waals surface area contributed by atoms with Gasteiger partial charge in [0.1, 0.15) is 5.69 Å². The number of aromatic nitrogens is 3. The first-order chi connectivity index (χ1) is 10.8. The lowest BCUT2D eigenvalue weighted by Crippen LogP contribution is -1.96. The number of rotatable bonds is 2. The van der Waals surface area contributed by atoms with Gasteiger partial charge in [0.2, 0.25) is 0 Å². The van der Waals surface area contributed by atoms with Crippen LogP contribution in [-0.4, -0.2) is 14.8 Å². The lowest BCUT2D eigenvalue weighted by atomic mass is 10.1. The summed E-state index contributed by atoms with van der Waals surface area (Å²) in [7, 11) is 0. The predicted molar refractivity (Wildman–Crippen MR) is 92.0 cm³/mol. The number of pyridine rings is 1. The summed E-state index contributed by atoms with van der Waals surface area (Å²) >= 11 is 3.52. The van der Waals surface area contributed by atoms with Gasteiger partial charge in [-0.1, -0.05) is 46.3 Å². The summed E-state index contributed by atoms with van der Waals surface area (Å²) in [5, 5.41) is 5.90. The van der Waals surface area contributed by atoms with Crippen molar-refractivity contribution in [1.82, 2.24) is 14.8 Å². The normalized spacial score (nSPS) is 11.0. The van der Waals surface area contributed by atoms with Crippen LogP contribution in [-0.2, 0) is 0 Å². The fraction of sp³-hybridized carbons (Fsp3) is 0. The molecule has 106 valence electrons. The van der Waals surface area contributed by atoms with E-state index >= 15 is 0 Å². The Morgan fingerprint density at radius 3 is 2.55 bits per heavy atom. The fourth-order valence-corrected chi connectivity index (χ4v) is 2.95. The monoisotopic (exact) mass is 349 g/mol. The smallest absolute Gasteiger partial charge is 0.119 e. The Hall–Kier alpha value is -2.46. The van der Waals surface area contributed by atoms with Crippen molar-refractivity contribution in [3.63, 3.8) is 0 Å². The molecule has 0 radical (unpaired) electrons. The number of fused-ring (bicyclic) bond motifs is 1. The maximum Gasteiger partial charge on any atom is 0.119 e. The molecule has 0 amide bonds. The van der Waals surface area contributed by atoms with E-state index < -0.39 is 0 Å². The lowest BCUT2D eigenvalue weighted by molar-refractivity contribution is 0.911. The average Bonchev–Trinajstić information content (AvgIpc) is 2.95. The number of hydrogen-bond acceptors (Lipinski definition) is 2. The molecule has 0 saturated carbocycles. The van der Waals surface area contributed by atoms with Crippen molar-refractivity contribution in [2.75, 3.05) is 0 Å². The van der Waals surface area contributed by atoms with Crippen LogP contribution in [0.2, 0.25) is 0 Å². The molecule has 4 rings (SSSR count). The minimum atomic E-state index is 0.882. The van der Waals surface area contributed by atoms with E-state index in [1.54, 1.807) is 6.20 Å². The first-order valence-electron chi connectivity index (χ1n) is 6.98. The SMILES string of the molecule is Brc1cccc(-n2nc(-c3ccccn3)c3ccccc32)c1. The number of para-hydroxylation sites is 1. The zero-order chi connectivity index (χ0) is 14.9. The van der Waals surface area contributed by atoms with Crippen LogP contribution in [0.5, 0.6) is 0 Å². The molecule has 0 saturated heterocycles. The molecule has 2 aromatic carbocycles. The Labute approximate surface area is 136 Å². The van der Waals surface area contributed by atoms with Crippen LogP contribution in [0.3, 0.4) is 0 Å². The molecule has 2 aromatic heterocycles. The quantitative estimate of drug-likeness (QED) is 0.517. The lowest BCUT2D eigenvalue weighted by Gasteiger charge is -2.03. The summed E-state index contributed by atoms with van der Waals surface area (Å²) in [6.45, 7) is 0. The Balaban J connectivity index is 2.01. The average molecular weight is 350 g/mol. The molecule has 22 heavy (non-hydrogen) atoms. The third-order valence-electron chi connectivity index (χ3n) is 3.55. The molecule has 4 heteroatoms. The molecule has 4 aromatic rings. The molecule has 0 bridgehead atoms. The molecule has 0 atom stereocenters. The van der Waals surface area contributed by atoms with Gasteiger partial charge in [-0.15, -0.1) is 0 Å². The number of halogens is 1. The van der Waals surface area contributed by atoms with Crippen LogP contribution in [0.25, 0.3) is 28.0 Å². The highest BCUT2D eigenvalue weighted by atomic mass is 79.9. The van der Waals surface area contributed by atoms with E-state index in [2.05, 4.69) is 39.1 Å². The molecule has 0 unspecified atom stereocenters. The van der Waals surface area contributed by atoms with Crippen molar-refractivity contribution in [1.29, 1.82) is 0 Å². The van der Waals surface area contributed by atoms with Gasteiger partial charge in [0.05, 0.1) is 16.9 Å². The molecule has 2 heterocycles. The molecule has 0 aliphatic heterocycles. The van der Waals surface area contributed by atoms with E-state index in [-0.39, 0.29) is 0 Å². The van der Waals surface area contributed by atoms with Crippen molar-refractivity contribution in [3.8, 4) is 17.1 Å². The maximum atomic E-state index is 4.80. The van der Waals surface area contributed by atoms with E-state index in [1.165, 1.54) is 0 Å². The highest BCUT2D eigenvalue weighted by Gasteiger charge is 2.13. The number of hydrogen-bond donors (Lipinski definition) is 0. The van der Waals surface area contributed by atoms with Gasteiger partial charge in [-0.2, -0.15) is 5.10 Å². The third-order valence-corrected chi connectivity index (χ3v) is 4.04. The summed E-state index contributed by atoms with van der Waals surface area (Å²) in [4.78, 5) is 4.44. The second kappa shape index (κ2) is 5.39. The van der Waals surface area contributed by atoms with Crippen molar-refractivity contribution in [2.24, 2.45) is 0 Å². The second-order valence-electron chi connectivity index (χ2n) is 4.97. The van der Waals surface area contributed by atoms with Crippen LogP contribution in [0, 0.1) is 0 Å². The van der Waals surface area contributed by atoms with Gasteiger partial charge in [0.15, 0.2) is 0 Å². The summed E-state index contributed by atoms with van der Waals surface area (Å²) in [5.74, 6) is 0. The topological polar surface area (TPSA) is 30.7 Å². The Kier molecular flexibility index (Phi) is 3.24. The van der Waals surface area contributed by atoms with Crippen LogP contribution >= 0.6 is 15.9 Å². The molecule has 0 spiro atoms. The van der Waals surface area contributed by atoms with Gasteiger partial charge in [-0.05, 0) is 36.4 Å². The van der Waals surface area contributed by atoms with Gasteiger partial charge in [0, 0.05) is 16.1 Å². The molecule has 0 aliphatic rings.